The molecule has 3 rings (SSSR count). The second-order valence-electron chi connectivity index (χ2n) is 6.64. The van der Waals surface area contributed by atoms with Gasteiger partial charge >= 0.3 is 6.18 Å². The number of nitrogens with one attached hydrogen (secondary N) is 1. The molecule has 0 aliphatic carbocycles. The number of rotatable bonds is 3. The molecule has 4 nitrogen and oxygen atoms in total. The Morgan fingerprint density at radius 3 is 2.50 bits per heavy atom. The lowest BCUT2D eigenvalue weighted by Crippen LogP contribution is -2.49. The Balaban J connectivity index is 1.60. The molecule has 1 aliphatic heterocycles. The van der Waals surface area contributed by atoms with Gasteiger partial charge in [-0.25, -0.2) is 4.98 Å². The number of piperazine rings is 1. The number of pyridine rings is 1. The van der Waals surface area contributed by atoms with Crippen molar-refractivity contribution in [2.24, 2.45) is 0 Å². The SMILES string of the molecule is Cc1cccc(/C=C/C(=O)N2CCN(c3[nH+]cc(C(F)(F)F)cc3Cl)CC2)c1. The van der Waals surface area contributed by atoms with Gasteiger partial charge in [-0.05, 0) is 24.6 Å². The number of carbonyl (C=O) groups is 1. The molecule has 28 heavy (non-hydrogen) atoms. The number of aryl methyl sites for hydroxylation is 1. The molecule has 1 aromatic heterocycles. The maximum absolute atomic E-state index is 12.8. The maximum atomic E-state index is 12.8. The normalized spacial score (nSPS) is 15.3. The molecule has 0 bridgehead atoms. The van der Waals surface area contributed by atoms with Crippen molar-refractivity contribution in [3.63, 3.8) is 0 Å². The number of nitrogens with zero attached hydrogens (tertiary/aromatic N) is 2. The van der Waals surface area contributed by atoms with E-state index in [4.69, 9.17) is 11.6 Å². The van der Waals surface area contributed by atoms with E-state index in [9.17, 15) is 18.0 Å². The Hall–Kier alpha value is -2.54. The van der Waals surface area contributed by atoms with Crippen LogP contribution in [0.25, 0.3) is 6.08 Å². The van der Waals surface area contributed by atoms with Gasteiger partial charge < -0.3 is 4.90 Å². The third-order valence-electron chi connectivity index (χ3n) is 4.57. The minimum Gasteiger partial charge on any atom is -0.331 e. The molecule has 2 heterocycles. The van der Waals surface area contributed by atoms with Crippen LogP contribution in [0.3, 0.4) is 0 Å². The quantitative estimate of drug-likeness (QED) is 0.721. The van der Waals surface area contributed by atoms with Crippen LogP contribution in [-0.4, -0.2) is 37.0 Å². The van der Waals surface area contributed by atoms with Crippen molar-refractivity contribution in [1.82, 2.24) is 4.90 Å². The molecule has 0 saturated carbocycles. The lowest BCUT2D eigenvalue weighted by atomic mass is 10.1. The number of amides is 1. The van der Waals surface area contributed by atoms with Crippen LogP contribution in [0.15, 0.2) is 42.6 Å². The Labute approximate surface area is 166 Å². The third-order valence-corrected chi connectivity index (χ3v) is 4.86. The first-order valence-electron chi connectivity index (χ1n) is 8.81. The molecular weight excluding hydrogens is 391 g/mol. The van der Waals surface area contributed by atoms with Crippen LogP contribution in [0.2, 0.25) is 5.02 Å². The van der Waals surface area contributed by atoms with E-state index in [0.29, 0.717) is 32.0 Å². The van der Waals surface area contributed by atoms with E-state index < -0.39 is 11.7 Å². The topological polar surface area (TPSA) is 37.7 Å². The fourth-order valence-corrected chi connectivity index (χ4v) is 3.36. The van der Waals surface area contributed by atoms with Crippen molar-refractivity contribution in [3.8, 4) is 0 Å². The van der Waals surface area contributed by atoms with E-state index in [-0.39, 0.29) is 10.9 Å². The summed E-state index contributed by atoms with van der Waals surface area (Å²) in [6.45, 7) is 3.86. The minimum atomic E-state index is -4.45. The Morgan fingerprint density at radius 2 is 1.89 bits per heavy atom. The van der Waals surface area contributed by atoms with Crippen molar-refractivity contribution >= 4 is 29.4 Å². The number of aromatic nitrogens is 1. The second kappa shape index (κ2) is 8.22. The second-order valence-corrected chi connectivity index (χ2v) is 7.05. The number of aromatic amines is 1. The van der Waals surface area contributed by atoms with Crippen LogP contribution in [-0.2, 0) is 11.0 Å². The first-order chi connectivity index (χ1) is 13.2. The fourth-order valence-electron chi connectivity index (χ4n) is 3.06. The van der Waals surface area contributed by atoms with E-state index >= 15 is 0 Å². The zero-order valence-electron chi connectivity index (χ0n) is 15.3. The highest BCUT2D eigenvalue weighted by atomic mass is 35.5. The highest BCUT2D eigenvalue weighted by Crippen LogP contribution is 2.32. The number of hydrogen-bond acceptors (Lipinski definition) is 2. The molecule has 1 N–H and O–H groups in total. The molecule has 0 unspecified atom stereocenters. The number of alkyl halides is 3. The Morgan fingerprint density at radius 1 is 1.18 bits per heavy atom. The van der Waals surface area contributed by atoms with Gasteiger partial charge in [-0.2, -0.15) is 13.2 Å². The van der Waals surface area contributed by atoms with Crippen LogP contribution < -0.4 is 9.88 Å². The first kappa shape index (κ1) is 20.2. The molecule has 2 aromatic rings. The summed E-state index contributed by atoms with van der Waals surface area (Å²) in [5.74, 6) is 0.334. The van der Waals surface area contributed by atoms with Gasteiger partial charge in [0.15, 0.2) is 0 Å². The Bertz CT molecular complexity index is 891. The molecule has 0 spiro atoms. The molecule has 1 aromatic carbocycles. The number of benzene rings is 1. The summed E-state index contributed by atoms with van der Waals surface area (Å²) in [7, 11) is 0. The standard InChI is InChI=1S/C20H19ClF3N3O/c1-14-3-2-4-15(11-14)5-6-18(28)26-7-9-27(10-8-26)19-17(21)12-16(13-25-19)20(22,23)24/h2-6,11-13H,7-10H2,1H3/p+1/b6-5+. The van der Waals surface area contributed by atoms with E-state index in [0.717, 1.165) is 23.4 Å². The zero-order chi connectivity index (χ0) is 20.3. The first-order valence-corrected chi connectivity index (χ1v) is 9.19. The minimum absolute atomic E-state index is 0.00828. The van der Waals surface area contributed by atoms with E-state index in [1.165, 1.54) is 0 Å². The summed E-state index contributed by atoms with van der Waals surface area (Å²) in [6, 6.07) is 8.75. The van der Waals surface area contributed by atoms with Crippen molar-refractivity contribution in [1.29, 1.82) is 0 Å². The number of carbonyl (C=O) groups excluding carboxylic acids is 1. The molecule has 148 valence electrons. The van der Waals surface area contributed by atoms with Crippen molar-refractivity contribution in [3.05, 3.63) is 64.3 Å². The summed E-state index contributed by atoms with van der Waals surface area (Å²) in [6.07, 6.45) is -0.222. The molecule has 0 atom stereocenters. The van der Waals surface area contributed by atoms with Gasteiger partial charge in [-0.1, -0.05) is 41.4 Å². The van der Waals surface area contributed by atoms with E-state index in [1.54, 1.807) is 17.1 Å². The van der Waals surface area contributed by atoms with E-state index in [1.807, 2.05) is 36.1 Å². The van der Waals surface area contributed by atoms with Gasteiger partial charge in [0.25, 0.3) is 5.82 Å². The number of anilines is 1. The van der Waals surface area contributed by atoms with Crippen molar-refractivity contribution in [2.75, 3.05) is 31.1 Å². The van der Waals surface area contributed by atoms with Gasteiger partial charge in [0.1, 0.15) is 24.3 Å². The molecule has 1 amide bonds. The highest BCUT2D eigenvalue weighted by Gasteiger charge is 2.34. The maximum Gasteiger partial charge on any atom is 0.419 e. The monoisotopic (exact) mass is 410 g/mol. The lowest BCUT2D eigenvalue weighted by Gasteiger charge is -2.30. The summed E-state index contributed by atoms with van der Waals surface area (Å²) in [5, 5.41) is 0.00828. The van der Waals surface area contributed by atoms with Crippen LogP contribution in [0.5, 0.6) is 0 Å². The van der Waals surface area contributed by atoms with Crippen LogP contribution in [0, 0.1) is 6.92 Å². The molecule has 1 saturated heterocycles. The number of halogens is 4. The van der Waals surface area contributed by atoms with Crippen molar-refractivity contribution in [2.45, 2.75) is 13.1 Å². The average molecular weight is 411 g/mol. The largest absolute Gasteiger partial charge is 0.419 e. The van der Waals surface area contributed by atoms with Gasteiger partial charge in [-0.15, -0.1) is 0 Å². The molecule has 1 aliphatic rings. The third kappa shape index (κ3) is 4.84. The molecule has 1 fully saturated rings. The predicted octanol–water partition coefficient (Wildman–Crippen LogP) is 3.84. The molecule has 0 radical (unpaired) electrons. The molecular formula is C20H20ClF3N3O+. The van der Waals surface area contributed by atoms with Gasteiger partial charge in [-0.3, -0.25) is 9.69 Å². The van der Waals surface area contributed by atoms with Crippen molar-refractivity contribution < 1.29 is 22.9 Å². The fraction of sp³-hybridized carbons (Fsp3) is 0.300. The summed E-state index contributed by atoms with van der Waals surface area (Å²) in [4.78, 5) is 18.6. The number of hydrogen-bond donors (Lipinski definition) is 0. The Kier molecular flexibility index (Phi) is 5.93. The summed E-state index contributed by atoms with van der Waals surface area (Å²) < 4.78 is 38.3. The zero-order valence-corrected chi connectivity index (χ0v) is 16.0. The highest BCUT2D eigenvalue weighted by molar-refractivity contribution is 6.32. The van der Waals surface area contributed by atoms with E-state index in [2.05, 4.69) is 4.98 Å². The lowest BCUT2D eigenvalue weighted by molar-refractivity contribution is -0.367. The number of H-pyrrole nitrogens is 1. The average Bonchev–Trinajstić information content (AvgIpc) is 2.65. The van der Waals surface area contributed by atoms with Crippen LogP contribution in [0.1, 0.15) is 16.7 Å². The van der Waals surface area contributed by atoms with Gasteiger partial charge in [0.2, 0.25) is 5.91 Å². The molecule has 8 heteroatoms. The van der Waals surface area contributed by atoms with Gasteiger partial charge in [0.05, 0.1) is 18.7 Å². The van der Waals surface area contributed by atoms with Gasteiger partial charge in [0, 0.05) is 6.08 Å². The summed E-state index contributed by atoms with van der Waals surface area (Å²) >= 11 is 6.03. The van der Waals surface area contributed by atoms with Crippen LogP contribution in [0.4, 0.5) is 19.0 Å². The summed E-state index contributed by atoms with van der Waals surface area (Å²) in [5.41, 5.74) is 1.25. The predicted molar refractivity (Wildman–Crippen MR) is 102 cm³/mol. The van der Waals surface area contributed by atoms with Crippen LogP contribution >= 0.6 is 11.6 Å². The smallest absolute Gasteiger partial charge is 0.331 e.